The number of nitrogens with zero attached hydrogens (tertiary/aromatic N) is 1. The van der Waals surface area contributed by atoms with Gasteiger partial charge in [0.1, 0.15) is 11.5 Å². The van der Waals surface area contributed by atoms with Crippen molar-refractivity contribution in [3.63, 3.8) is 0 Å². The number of rotatable bonds is 4. The van der Waals surface area contributed by atoms with Crippen molar-refractivity contribution in [3.8, 4) is 0 Å². The lowest BCUT2D eigenvalue weighted by atomic mass is 9.74. The van der Waals surface area contributed by atoms with Gasteiger partial charge in [0.15, 0.2) is 0 Å². The van der Waals surface area contributed by atoms with E-state index in [1.807, 2.05) is 44.2 Å². The highest BCUT2D eigenvalue weighted by atomic mass is 16.5. The lowest BCUT2D eigenvalue weighted by Gasteiger charge is -2.34. The number of hydrogen-bond donors (Lipinski definition) is 1. The number of fused-ring (bicyclic) bond motifs is 1. The number of hydrogen-bond acceptors (Lipinski definition) is 3. The number of amides is 1. The van der Waals surface area contributed by atoms with Gasteiger partial charge in [-0.2, -0.15) is 0 Å². The molecule has 2 bridgehead atoms. The average molecular weight is 339 g/mol. The van der Waals surface area contributed by atoms with E-state index in [2.05, 4.69) is 6.58 Å². The molecule has 1 spiro atoms. The lowest BCUT2D eigenvalue weighted by molar-refractivity contribution is -0.146. The van der Waals surface area contributed by atoms with Gasteiger partial charge >= 0.3 is 5.97 Å². The number of benzene rings is 1. The molecule has 5 heteroatoms. The molecule has 4 rings (SSSR count). The Labute approximate surface area is 146 Å². The summed E-state index contributed by atoms with van der Waals surface area (Å²) in [6.45, 7) is 7.88. The predicted octanol–water partition coefficient (Wildman–Crippen LogP) is 2.70. The van der Waals surface area contributed by atoms with E-state index in [4.69, 9.17) is 4.74 Å². The molecule has 5 nitrogen and oxygen atoms in total. The Balaban J connectivity index is 1.87. The molecule has 0 unspecified atom stereocenters. The Morgan fingerprint density at radius 3 is 2.76 bits per heavy atom. The Hall–Kier alpha value is -2.40. The molecule has 0 saturated carbocycles. The topological polar surface area (TPSA) is 66.8 Å². The van der Waals surface area contributed by atoms with Crippen molar-refractivity contribution in [1.82, 2.24) is 0 Å². The Kier molecular flexibility index (Phi) is 3.41. The third-order valence-corrected chi connectivity index (χ3v) is 5.62. The quantitative estimate of drug-likeness (QED) is 0.857. The zero-order valence-corrected chi connectivity index (χ0v) is 14.3. The molecule has 1 aromatic rings. The van der Waals surface area contributed by atoms with E-state index in [1.54, 1.807) is 11.0 Å². The summed E-state index contributed by atoms with van der Waals surface area (Å²) in [6.07, 6.45) is 3.75. The van der Waals surface area contributed by atoms with E-state index in [0.29, 0.717) is 6.42 Å². The van der Waals surface area contributed by atoms with Gasteiger partial charge in [0.05, 0.1) is 18.1 Å². The number of aliphatic carboxylic acids is 1. The first-order valence-electron chi connectivity index (χ1n) is 8.50. The van der Waals surface area contributed by atoms with E-state index in [1.165, 1.54) is 0 Å². The van der Waals surface area contributed by atoms with Gasteiger partial charge in [-0.1, -0.05) is 35.9 Å². The van der Waals surface area contributed by atoms with Gasteiger partial charge in [0, 0.05) is 5.69 Å². The van der Waals surface area contributed by atoms with Crippen LogP contribution in [0.25, 0.3) is 0 Å². The van der Waals surface area contributed by atoms with E-state index in [0.717, 1.165) is 16.8 Å². The molecule has 3 aliphatic heterocycles. The molecular weight excluding hydrogens is 318 g/mol. The number of carbonyl (C=O) groups is 2. The maximum atomic E-state index is 13.4. The van der Waals surface area contributed by atoms with Crippen molar-refractivity contribution in [1.29, 1.82) is 0 Å². The molecule has 130 valence electrons. The lowest BCUT2D eigenvalue weighted by Crippen LogP contribution is -2.45. The summed E-state index contributed by atoms with van der Waals surface area (Å²) in [5.74, 6) is -2.67. The number of carboxylic acids is 1. The minimum Gasteiger partial charge on any atom is -0.481 e. The van der Waals surface area contributed by atoms with E-state index < -0.39 is 29.5 Å². The molecule has 25 heavy (non-hydrogen) atoms. The molecule has 1 N–H and O–H groups in total. The summed E-state index contributed by atoms with van der Waals surface area (Å²) in [4.78, 5) is 26.9. The SMILES string of the molecule is C=C(C)C[C@@H]1N(c2ccccc2C)C(=O)[C@H]2[C@H](C(=O)O)[C@@H]3C=C[C@]12O3. The van der Waals surface area contributed by atoms with E-state index >= 15 is 0 Å². The number of para-hydroxylation sites is 1. The maximum Gasteiger partial charge on any atom is 0.310 e. The minimum absolute atomic E-state index is 0.167. The number of ether oxygens (including phenoxy) is 1. The van der Waals surface area contributed by atoms with Crippen LogP contribution in [0.15, 0.2) is 48.6 Å². The summed E-state index contributed by atoms with van der Waals surface area (Å²) in [5.41, 5.74) is 1.84. The monoisotopic (exact) mass is 339 g/mol. The van der Waals surface area contributed by atoms with Gasteiger partial charge in [0.25, 0.3) is 0 Å². The van der Waals surface area contributed by atoms with Gasteiger partial charge in [-0.15, -0.1) is 6.58 Å². The van der Waals surface area contributed by atoms with Crippen LogP contribution < -0.4 is 4.90 Å². The van der Waals surface area contributed by atoms with Crippen molar-refractivity contribution >= 4 is 17.6 Å². The fraction of sp³-hybridized carbons (Fsp3) is 0.400. The second kappa shape index (κ2) is 5.30. The highest BCUT2D eigenvalue weighted by Crippen LogP contribution is 2.57. The van der Waals surface area contributed by atoms with Gasteiger partial charge in [0.2, 0.25) is 5.91 Å². The fourth-order valence-corrected chi connectivity index (χ4v) is 4.63. The third kappa shape index (κ3) is 2.05. The average Bonchev–Trinajstić information content (AvgIpc) is 3.18. The summed E-state index contributed by atoms with van der Waals surface area (Å²) in [7, 11) is 0. The zero-order valence-electron chi connectivity index (χ0n) is 14.3. The van der Waals surface area contributed by atoms with Crippen LogP contribution in [0.5, 0.6) is 0 Å². The molecule has 3 aliphatic rings. The van der Waals surface area contributed by atoms with Gasteiger partial charge in [-0.3, -0.25) is 9.59 Å². The molecule has 0 aromatic heterocycles. The standard InChI is InChI=1S/C20H21NO4/c1-11(2)10-15-20-9-8-14(25-20)16(19(23)24)17(20)18(22)21(15)13-7-5-4-6-12(13)3/h4-9,14-17H,1,10H2,2-3H3,(H,23,24)/t14-,15-,16+,17+,20-/m0/s1. The van der Waals surface area contributed by atoms with Crippen molar-refractivity contribution in [2.24, 2.45) is 11.8 Å². The predicted molar refractivity (Wildman–Crippen MR) is 93.2 cm³/mol. The molecule has 1 amide bonds. The molecule has 1 aromatic carbocycles. The molecular formula is C20H21NO4. The normalized spacial score (nSPS) is 35.3. The molecule has 5 atom stereocenters. The van der Waals surface area contributed by atoms with Crippen LogP contribution in [0.4, 0.5) is 5.69 Å². The van der Waals surface area contributed by atoms with Crippen molar-refractivity contribution in [3.05, 3.63) is 54.1 Å². The summed E-state index contributed by atoms with van der Waals surface area (Å²) < 4.78 is 6.14. The summed E-state index contributed by atoms with van der Waals surface area (Å²) in [6, 6.07) is 7.39. The van der Waals surface area contributed by atoms with Crippen molar-refractivity contribution in [2.45, 2.75) is 38.0 Å². The Morgan fingerprint density at radius 2 is 2.12 bits per heavy atom. The number of carboxylic acid groups (broad SMARTS) is 1. The highest BCUT2D eigenvalue weighted by molar-refractivity contribution is 6.03. The zero-order chi connectivity index (χ0) is 17.9. The minimum atomic E-state index is -0.977. The van der Waals surface area contributed by atoms with E-state index in [-0.39, 0.29) is 11.9 Å². The van der Waals surface area contributed by atoms with Crippen molar-refractivity contribution < 1.29 is 19.4 Å². The molecule has 2 saturated heterocycles. The molecule has 3 heterocycles. The highest BCUT2D eigenvalue weighted by Gasteiger charge is 2.71. The van der Waals surface area contributed by atoms with Crippen LogP contribution in [0, 0.1) is 18.8 Å². The Bertz CT molecular complexity index is 814. The second-order valence-electron chi connectivity index (χ2n) is 7.31. The first-order valence-corrected chi connectivity index (χ1v) is 8.50. The third-order valence-electron chi connectivity index (χ3n) is 5.62. The van der Waals surface area contributed by atoms with Gasteiger partial charge < -0.3 is 14.7 Å². The fourth-order valence-electron chi connectivity index (χ4n) is 4.63. The number of aryl methyl sites for hydroxylation is 1. The summed E-state index contributed by atoms with van der Waals surface area (Å²) in [5, 5.41) is 9.67. The number of anilines is 1. The second-order valence-corrected chi connectivity index (χ2v) is 7.31. The van der Waals surface area contributed by atoms with Gasteiger partial charge in [-0.05, 0) is 31.9 Å². The van der Waals surface area contributed by atoms with Gasteiger partial charge in [-0.25, -0.2) is 0 Å². The van der Waals surface area contributed by atoms with Crippen LogP contribution >= 0.6 is 0 Å². The van der Waals surface area contributed by atoms with Crippen LogP contribution in [0.3, 0.4) is 0 Å². The first-order chi connectivity index (χ1) is 11.9. The van der Waals surface area contributed by atoms with E-state index in [9.17, 15) is 14.7 Å². The first kappa shape index (κ1) is 16.1. The van der Waals surface area contributed by atoms with Crippen LogP contribution in [0.1, 0.15) is 18.9 Å². The molecule has 0 radical (unpaired) electrons. The smallest absolute Gasteiger partial charge is 0.310 e. The van der Waals surface area contributed by atoms with Crippen molar-refractivity contribution in [2.75, 3.05) is 4.90 Å². The van der Waals surface area contributed by atoms with Crippen LogP contribution in [0.2, 0.25) is 0 Å². The Morgan fingerprint density at radius 1 is 1.40 bits per heavy atom. The maximum absolute atomic E-state index is 13.4. The molecule has 2 fully saturated rings. The largest absolute Gasteiger partial charge is 0.481 e. The van der Waals surface area contributed by atoms with Crippen LogP contribution in [-0.2, 0) is 14.3 Å². The molecule has 0 aliphatic carbocycles. The summed E-state index contributed by atoms with van der Waals surface area (Å²) >= 11 is 0. The van der Waals surface area contributed by atoms with Crippen LogP contribution in [-0.4, -0.2) is 34.7 Å². The number of carbonyl (C=O) groups excluding carboxylic acids is 1.